The summed E-state index contributed by atoms with van der Waals surface area (Å²) < 4.78 is 30.9. The van der Waals surface area contributed by atoms with E-state index in [-0.39, 0.29) is 18.8 Å². The number of amides is 2. The lowest BCUT2D eigenvalue weighted by molar-refractivity contribution is -0.0504. The fourth-order valence-electron chi connectivity index (χ4n) is 1.86. The van der Waals surface area contributed by atoms with Crippen LogP contribution < -0.4 is 15.4 Å². The molecule has 2 aromatic rings. The van der Waals surface area contributed by atoms with Crippen LogP contribution in [0.25, 0.3) is 0 Å². The first-order chi connectivity index (χ1) is 11.0. The molecule has 1 aromatic heterocycles. The van der Waals surface area contributed by atoms with Crippen molar-refractivity contribution in [3.63, 3.8) is 0 Å². The summed E-state index contributed by atoms with van der Waals surface area (Å²) >= 11 is 5.83. The van der Waals surface area contributed by atoms with Gasteiger partial charge in [-0.25, -0.2) is 9.78 Å². The van der Waals surface area contributed by atoms with E-state index in [2.05, 4.69) is 20.4 Å². The van der Waals surface area contributed by atoms with Gasteiger partial charge in [-0.15, -0.1) is 0 Å². The van der Waals surface area contributed by atoms with Crippen molar-refractivity contribution in [3.8, 4) is 5.75 Å². The van der Waals surface area contributed by atoms with Gasteiger partial charge in [0.25, 0.3) is 0 Å². The van der Waals surface area contributed by atoms with Crippen LogP contribution in [0.5, 0.6) is 5.75 Å². The average Bonchev–Trinajstić information content (AvgIpc) is 2.90. The molecule has 124 valence electrons. The molecular formula is C14H15ClF2N4O2. The average molecular weight is 345 g/mol. The van der Waals surface area contributed by atoms with Crippen molar-refractivity contribution in [2.75, 3.05) is 0 Å². The maximum atomic E-state index is 12.4. The third kappa shape index (κ3) is 5.10. The van der Waals surface area contributed by atoms with Crippen molar-refractivity contribution < 1.29 is 18.3 Å². The van der Waals surface area contributed by atoms with Gasteiger partial charge in [0.05, 0.1) is 6.54 Å². The molecule has 0 spiro atoms. The van der Waals surface area contributed by atoms with Gasteiger partial charge in [-0.1, -0.05) is 11.6 Å². The molecule has 1 aromatic carbocycles. The van der Waals surface area contributed by atoms with Gasteiger partial charge in [-0.2, -0.15) is 8.78 Å². The number of nitrogens with one attached hydrogen (secondary N) is 2. The summed E-state index contributed by atoms with van der Waals surface area (Å²) in [5, 5.41) is 5.52. The third-order valence-corrected chi connectivity index (χ3v) is 3.24. The number of hydrogen-bond acceptors (Lipinski definition) is 3. The summed E-state index contributed by atoms with van der Waals surface area (Å²) in [5.41, 5.74) is 0.352. The van der Waals surface area contributed by atoms with Crippen molar-refractivity contribution >= 4 is 17.6 Å². The van der Waals surface area contributed by atoms with E-state index in [1.165, 1.54) is 18.2 Å². The number of imidazole rings is 1. The molecule has 2 rings (SSSR count). The van der Waals surface area contributed by atoms with Crippen LogP contribution in [0.1, 0.15) is 11.4 Å². The lowest BCUT2D eigenvalue weighted by Gasteiger charge is -2.12. The quantitative estimate of drug-likeness (QED) is 0.846. The number of ether oxygens (including phenoxy) is 1. The minimum absolute atomic E-state index is 0.00495. The first-order valence-electron chi connectivity index (χ1n) is 6.67. The SMILES string of the molecule is Cn1ccnc1CNC(=O)NCc1cc(Cl)ccc1OC(F)F. The van der Waals surface area contributed by atoms with Gasteiger partial charge >= 0.3 is 12.6 Å². The van der Waals surface area contributed by atoms with E-state index in [0.29, 0.717) is 16.4 Å². The topological polar surface area (TPSA) is 68.2 Å². The van der Waals surface area contributed by atoms with E-state index in [9.17, 15) is 13.6 Å². The van der Waals surface area contributed by atoms with Crippen molar-refractivity contribution in [2.24, 2.45) is 7.05 Å². The Kier molecular flexibility index (Phi) is 5.75. The second kappa shape index (κ2) is 7.77. The third-order valence-electron chi connectivity index (χ3n) is 3.01. The number of aromatic nitrogens is 2. The molecule has 2 amide bonds. The minimum Gasteiger partial charge on any atom is -0.434 e. The minimum atomic E-state index is -2.95. The smallest absolute Gasteiger partial charge is 0.387 e. The number of alkyl halides is 2. The molecule has 9 heteroatoms. The van der Waals surface area contributed by atoms with Crippen LogP contribution in [0.2, 0.25) is 5.02 Å². The fourth-order valence-corrected chi connectivity index (χ4v) is 2.06. The molecule has 23 heavy (non-hydrogen) atoms. The Hall–Kier alpha value is -2.35. The summed E-state index contributed by atoms with van der Waals surface area (Å²) in [6.07, 6.45) is 3.38. The molecule has 0 unspecified atom stereocenters. The molecule has 0 aliphatic carbocycles. The van der Waals surface area contributed by atoms with Gasteiger partial charge in [-0.3, -0.25) is 0 Å². The highest BCUT2D eigenvalue weighted by Gasteiger charge is 2.11. The monoisotopic (exact) mass is 344 g/mol. The zero-order chi connectivity index (χ0) is 16.8. The van der Waals surface area contributed by atoms with Gasteiger partial charge in [0.15, 0.2) is 0 Å². The maximum absolute atomic E-state index is 12.4. The Morgan fingerprint density at radius 3 is 2.78 bits per heavy atom. The zero-order valence-corrected chi connectivity index (χ0v) is 13.0. The molecular weight excluding hydrogens is 330 g/mol. The summed E-state index contributed by atoms with van der Waals surface area (Å²) in [6.45, 7) is -2.72. The van der Waals surface area contributed by atoms with E-state index in [1.807, 2.05) is 7.05 Å². The number of urea groups is 1. The summed E-state index contributed by atoms with van der Waals surface area (Å²) in [7, 11) is 1.81. The van der Waals surface area contributed by atoms with Crippen LogP contribution in [-0.4, -0.2) is 22.2 Å². The molecule has 0 saturated heterocycles. The van der Waals surface area contributed by atoms with E-state index in [0.717, 1.165) is 0 Å². The van der Waals surface area contributed by atoms with E-state index in [1.54, 1.807) is 17.0 Å². The Labute approximate surface area is 136 Å². The summed E-state index contributed by atoms with van der Waals surface area (Å²) in [6, 6.07) is 3.76. The number of halogens is 3. The number of aryl methyl sites for hydroxylation is 1. The molecule has 0 atom stereocenters. The van der Waals surface area contributed by atoms with Crippen molar-refractivity contribution in [3.05, 3.63) is 47.0 Å². The van der Waals surface area contributed by atoms with Gasteiger partial charge in [0.1, 0.15) is 11.6 Å². The van der Waals surface area contributed by atoms with Gasteiger partial charge < -0.3 is 19.9 Å². The number of benzene rings is 1. The van der Waals surface area contributed by atoms with Crippen LogP contribution in [0.4, 0.5) is 13.6 Å². The van der Waals surface area contributed by atoms with Gasteiger partial charge in [-0.05, 0) is 18.2 Å². The lowest BCUT2D eigenvalue weighted by atomic mass is 10.2. The Bertz CT molecular complexity index is 679. The van der Waals surface area contributed by atoms with Crippen molar-refractivity contribution in [2.45, 2.75) is 19.7 Å². The predicted molar refractivity (Wildman–Crippen MR) is 80.4 cm³/mol. The summed E-state index contributed by atoms with van der Waals surface area (Å²) in [4.78, 5) is 15.8. The number of carbonyl (C=O) groups is 1. The largest absolute Gasteiger partial charge is 0.434 e. The lowest BCUT2D eigenvalue weighted by Crippen LogP contribution is -2.35. The van der Waals surface area contributed by atoms with Crippen LogP contribution >= 0.6 is 11.6 Å². The molecule has 0 bridgehead atoms. The highest BCUT2D eigenvalue weighted by molar-refractivity contribution is 6.30. The van der Waals surface area contributed by atoms with Crippen LogP contribution in [0, 0.1) is 0 Å². The maximum Gasteiger partial charge on any atom is 0.387 e. The molecule has 1 heterocycles. The number of nitrogens with zero attached hydrogens (tertiary/aromatic N) is 2. The Morgan fingerprint density at radius 2 is 2.13 bits per heavy atom. The van der Waals surface area contributed by atoms with Crippen LogP contribution in [0.15, 0.2) is 30.6 Å². The molecule has 0 radical (unpaired) electrons. The van der Waals surface area contributed by atoms with Gasteiger partial charge in [0.2, 0.25) is 0 Å². The molecule has 0 aliphatic rings. The predicted octanol–water partition coefficient (Wildman–Crippen LogP) is 2.67. The first kappa shape index (κ1) is 17.0. The molecule has 6 nitrogen and oxygen atoms in total. The van der Waals surface area contributed by atoms with E-state index < -0.39 is 12.6 Å². The van der Waals surface area contributed by atoms with Crippen molar-refractivity contribution in [1.29, 1.82) is 0 Å². The second-order valence-electron chi connectivity index (χ2n) is 4.62. The van der Waals surface area contributed by atoms with E-state index >= 15 is 0 Å². The normalized spacial score (nSPS) is 10.7. The summed E-state index contributed by atoms with van der Waals surface area (Å²) in [5.74, 6) is 0.651. The number of rotatable bonds is 6. The second-order valence-corrected chi connectivity index (χ2v) is 5.06. The zero-order valence-electron chi connectivity index (χ0n) is 12.2. The molecule has 0 fully saturated rings. The Morgan fingerprint density at radius 1 is 1.39 bits per heavy atom. The van der Waals surface area contributed by atoms with Crippen LogP contribution in [-0.2, 0) is 20.1 Å². The highest BCUT2D eigenvalue weighted by Crippen LogP contribution is 2.24. The number of hydrogen-bond donors (Lipinski definition) is 2. The number of carbonyl (C=O) groups excluding carboxylic acids is 1. The molecule has 0 saturated carbocycles. The van der Waals surface area contributed by atoms with Crippen molar-refractivity contribution in [1.82, 2.24) is 20.2 Å². The Balaban J connectivity index is 1.90. The van der Waals surface area contributed by atoms with Gasteiger partial charge in [0, 0.05) is 36.6 Å². The fraction of sp³-hybridized carbons (Fsp3) is 0.286. The molecule has 0 aliphatic heterocycles. The standard InChI is InChI=1S/C14H15ClF2N4O2/c1-21-5-4-18-12(21)8-20-14(22)19-7-9-6-10(15)2-3-11(9)23-13(16)17/h2-6,13H,7-8H2,1H3,(H2,19,20,22). The van der Waals surface area contributed by atoms with Crippen LogP contribution in [0.3, 0.4) is 0 Å². The first-order valence-corrected chi connectivity index (χ1v) is 7.04. The highest BCUT2D eigenvalue weighted by atomic mass is 35.5. The molecule has 2 N–H and O–H groups in total. The van der Waals surface area contributed by atoms with E-state index in [4.69, 9.17) is 11.6 Å².